The maximum Gasteiger partial charge on any atom is 0.251 e. The van der Waals surface area contributed by atoms with Crippen LogP contribution in [0.2, 0.25) is 0 Å². The molecule has 0 saturated carbocycles. The van der Waals surface area contributed by atoms with Crippen LogP contribution in [-0.4, -0.2) is 68.7 Å². The van der Waals surface area contributed by atoms with Crippen molar-refractivity contribution >= 4 is 5.91 Å². The molecule has 1 fully saturated rings. The van der Waals surface area contributed by atoms with Gasteiger partial charge in [0, 0.05) is 51.4 Å². The van der Waals surface area contributed by atoms with Crippen molar-refractivity contribution in [1.29, 1.82) is 0 Å². The third-order valence-corrected chi connectivity index (χ3v) is 5.43. The monoisotopic (exact) mass is 425 g/mol. The zero-order chi connectivity index (χ0) is 22.1. The highest BCUT2D eigenvalue weighted by Crippen LogP contribution is 2.28. The largest absolute Gasteiger partial charge is 0.493 e. The van der Waals surface area contributed by atoms with Gasteiger partial charge in [-0.1, -0.05) is 44.2 Å². The summed E-state index contributed by atoms with van der Waals surface area (Å²) in [6, 6.07) is 15.9. The van der Waals surface area contributed by atoms with Crippen LogP contribution in [0.25, 0.3) is 0 Å². The lowest BCUT2D eigenvalue weighted by atomic mass is 10.2. The summed E-state index contributed by atoms with van der Waals surface area (Å²) in [6.45, 7) is 11.5. The van der Waals surface area contributed by atoms with E-state index < -0.39 is 0 Å². The second-order valence-electron chi connectivity index (χ2n) is 8.43. The smallest absolute Gasteiger partial charge is 0.251 e. The first-order chi connectivity index (χ1) is 15.0. The van der Waals surface area contributed by atoms with Crippen molar-refractivity contribution < 1.29 is 14.3 Å². The zero-order valence-electron chi connectivity index (χ0n) is 19.0. The van der Waals surface area contributed by atoms with E-state index in [2.05, 4.69) is 59.3 Å². The highest BCUT2D eigenvalue weighted by molar-refractivity contribution is 5.94. The molecule has 1 aliphatic rings. The summed E-state index contributed by atoms with van der Waals surface area (Å²) < 4.78 is 11.2. The number of ether oxygens (including phenoxy) is 2. The van der Waals surface area contributed by atoms with Crippen LogP contribution in [0, 0.1) is 5.92 Å². The van der Waals surface area contributed by atoms with Crippen LogP contribution in [0.5, 0.6) is 11.5 Å². The number of benzene rings is 2. The second kappa shape index (κ2) is 11.7. The molecule has 6 nitrogen and oxygen atoms in total. The maximum atomic E-state index is 12.6. The summed E-state index contributed by atoms with van der Waals surface area (Å²) in [6.07, 6.45) is 0. The van der Waals surface area contributed by atoms with Gasteiger partial charge in [0.05, 0.1) is 13.7 Å². The van der Waals surface area contributed by atoms with E-state index in [4.69, 9.17) is 9.47 Å². The number of rotatable bonds is 10. The van der Waals surface area contributed by atoms with Gasteiger partial charge in [0.1, 0.15) is 0 Å². The molecule has 0 aliphatic carbocycles. The van der Waals surface area contributed by atoms with Crippen LogP contribution < -0.4 is 14.8 Å². The van der Waals surface area contributed by atoms with Gasteiger partial charge in [-0.3, -0.25) is 14.6 Å². The number of amides is 1. The Balaban J connectivity index is 1.40. The average Bonchev–Trinajstić information content (AvgIpc) is 2.79. The fourth-order valence-electron chi connectivity index (χ4n) is 3.63. The van der Waals surface area contributed by atoms with Gasteiger partial charge in [-0.05, 0) is 29.7 Å². The van der Waals surface area contributed by atoms with Crippen LogP contribution in [0.3, 0.4) is 0 Å². The van der Waals surface area contributed by atoms with E-state index >= 15 is 0 Å². The third kappa shape index (κ3) is 7.26. The Morgan fingerprint density at radius 2 is 1.71 bits per heavy atom. The SMILES string of the molecule is COc1cc(C(=O)NCCN2CCN(Cc3ccccc3)CC2)ccc1OCC(C)C. The molecule has 0 atom stereocenters. The third-order valence-electron chi connectivity index (χ3n) is 5.43. The molecule has 2 aromatic carbocycles. The van der Waals surface area contributed by atoms with E-state index in [1.54, 1.807) is 19.2 Å². The first kappa shape index (κ1) is 23.1. The molecule has 3 rings (SSSR count). The molecule has 6 heteroatoms. The number of carbonyl (C=O) groups excluding carboxylic acids is 1. The summed E-state index contributed by atoms with van der Waals surface area (Å²) >= 11 is 0. The lowest BCUT2D eigenvalue weighted by Gasteiger charge is -2.34. The van der Waals surface area contributed by atoms with Gasteiger partial charge in [-0.25, -0.2) is 0 Å². The Kier molecular flexibility index (Phi) is 8.74. The summed E-state index contributed by atoms with van der Waals surface area (Å²) in [5.74, 6) is 1.59. The van der Waals surface area contributed by atoms with E-state index in [0.717, 1.165) is 39.3 Å². The van der Waals surface area contributed by atoms with Gasteiger partial charge in [0.2, 0.25) is 0 Å². The van der Waals surface area contributed by atoms with Gasteiger partial charge in [0.25, 0.3) is 5.91 Å². The minimum Gasteiger partial charge on any atom is -0.493 e. The molecule has 1 amide bonds. The van der Waals surface area contributed by atoms with E-state index in [1.165, 1.54) is 5.56 Å². The molecule has 0 unspecified atom stereocenters. The Hall–Kier alpha value is -2.57. The van der Waals surface area contributed by atoms with Gasteiger partial charge < -0.3 is 14.8 Å². The van der Waals surface area contributed by atoms with Crippen molar-refractivity contribution in [3.63, 3.8) is 0 Å². The number of hydrogen-bond donors (Lipinski definition) is 1. The Morgan fingerprint density at radius 3 is 2.39 bits per heavy atom. The minimum absolute atomic E-state index is 0.0866. The number of hydrogen-bond acceptors (Lipinski definition) is 5. The van der Waals surface area contributed by atoms with Crippen LogP contribution in [0.4, 0.5) is 0 Å². The van der Waals surface area contributed by atoms with Gasteiger partial charge in [-0.15, -0.1) is 0 Å². The van der Waals surface area contributed by atoms with Crippen LogP contribution >= 0.6 is 0 Å². The van der Waals surface area contributed by atoms with E-state index in [0.29, 0.717) is 36.1 Å². The van der Waals surface area contributed by atoms with Crippen LogP contribution in [0.1, 0.15) is 29.8 Å². The zero-order valence-corrected chi connectivity index (χ0v) is 19.0. The molecule has 2 aromatic rings. The molecule has 0 aromatic heterocycles. The Labute approximate surface area is 186 Å². The van der Waals surface area contributed by atoms with Crippen LogP contribution in [0.15, 0.2) is 48.5 Å². The topological polar surface area (TPSA) is 54.0 Å². The molecule has 1 aliphatic heterocycles. The molecule has 1 saturated heterocycles. The molecule has 0 radical (unpaired) electrons. The molecule has 168 valence electrons. The summed E-state index contributed by atoms with van der Waals surface area (Å²) in [4.78, 5) is 17.4. The van der Waals surface area contributed by atoms with Gasteiger partial charge >= 0.3 is 0 Å². The summed E-state index contributed by atoms with van der Waals surface area (Å²) in [5.41, 5.74) is 1.95. The number of methoxy groups -OCH3 is 1. The molecule has 1 heterocycles. The molecular weight excluding hydrogens is 390 g/mol. The molecule has 31 heavy (non-hydrogen) atoms. The molecule has 0 spiro atoms. The Morgan fingerprint density at radius 1 is 1.00 bits per heavy atom. The van der Waals surface area contributed by atoms with Crippen molar-refractivity contribution in [3.8, 4) is 11.5 Å². The fourth-order valence-corrected chi connectivity index (χ4v) is 3.63. The highest BCUT2D eigenvalue weighted by Gasteiger charge is 2.17. The summed E-state index contributed by atoms with van der Waals surface area (Å²) in [5, 5.41) is 3.03. The van der Waals surface area contributed by atoms with Gasteiger partial charge in [0.15, 0.2) is 11.5 Å². The predicted molar refractivity (Wildman–Crippen MR) is 124 cm³/mol. The highest BCUT2D eigenvalue weighted by atomic mass is 16.5. The van der Waals surface area contributed by atoms with Crippen molar-refractivity contribution in [3.05, 3.63) is 59.7 Å². The lowest BCUT2D eigenvalue weighted by molar-refractivity contribution is 0.0933. The van der Waals surface area contributed by atoms with E-state index in [1.807, 2.05) is 6.07 Å². The van der Waals surface area contributed by atoms with Crippen molar-refractivity contribution in [1.82, 2.24) is 15.1 Å². The maximum absolute atomic E-state index is 12.6. The van der Waals surface area contributed by atoms with Crippen molar-refractivity contribution in [2.75, 3.05) is 53.0 Å². The van der Waals surface area contributed by atoms with Crippen molar-refractivity contribution in [2.45, 2.75) is 20.4 Å². The fraction of sp³-hybridized carbons (Fsp3) is 0.480. The average molecular weight is 426 g/mol. The first-order valence-electron chi connectivity index (χ1n) is 11.1. The first-order valence-corrected chi connectivity index (χ1v) is 11.1. The normalized spacial score (nSPS) is 15.1. The van der Waals surface area contributed by atoms with E-state index in [9.17, 15) is 4.79 Å². The number of carbonyl (C=O) groups is 1. The quantitative estimate of drug-likeness (QED) is 0.633. The Bertz CT molecular complexity index is 818. The number of nitrogens with zero attached hydrogens (tertiary/aromatic N) is 2. The standard InChI is InChI=1S/C25H35N3O3/c1-20(2)19-31-23-10-9-22(17-24(23)30-3)25(29)26-11-12-27-13-15-28(16-14-27)18-21-7-5-4-6-8-21/h4-10,17,20H,11-16,18-19H2,1-3H3,(H,26,29). The van der Waals surface area contributed by atoms with E-state index in [-0.39, 0.29) is 5.91 Å². The van der Waals surface area contributed by atoms with Crippen molar-refractivity contribution in [2.24, 2.45) is 5.92 Å². The summed E-state index contributed by atoms with van der Waals surface area (Å²) in [7, 11) is 1.59. The lowest BCUT2D eigenvalue weighted by Crippen LogP contribution is -2.48. The van der Waals surface area contributed by atoms with Crippen LogP contribution in [-0.2, 0) is 6.54 Å². The molecular formula is C25H35N3O3. The minimum atomic E-state index is -0.0866. The van der Waals surface area contributed by atoms with Gasteiger partial charge in [-0.2, -0.15) is 0 Å². The number of nitrogens with one attached hydrogen (secondary N) is 1. The second-order valence-corrected chi connectivity index (χ2v) is 8.43. The predicted octanol–water partition coefficient (Wildman–Crippen LogP) is 3.28. The number of piperazine rings is 1. The molecule has 1 N–H and O–H groups in total. The molecule has 0 bridgehead atoms.